The van der Waals surface area contributed by atoms with E-state index in [1.54, 1.807) is 6.20 Å². The number of hydrogen-bond acceptors (Lipinski definition) is 5. The Hall–Kier alpha value is -2.18. The van der Waals surface area contributed by atoms with Gasteiger partial charge in [-0.1, -0.05) is 25.9 Å². The molecule has 1 aliphatic heterocycles. The maximum absolute atomic E-state index is 12.8. The molecule has 2 aromatic rings. The van der Waals surface area contributed by atoms with E-state index in [4.69, 9.17) is 4.52 Å². The molecule has 7 nitrogen and oxygen atoms in total. The molecular formula is C18H27N5O2. The summed E-state index contributed by atoms with van der Waals surface area (Å²) in [6.07, 6.45) is 4.41. The van der Waals surface area contributed by atoms with Gasteiger partial charge in [0.25, 0.3) is 5.91 Å². The number of carbonyl (C=O) groups excluding carboxylic acids is 1. The number of aromatic nitrogens is 4. The molecule has 0 unspecified atom stereocenters. The van der Waals surface area contributed by atoms with Gasteiger partial charge in [-0.15, -0.1) is 0 Å². The lowest BCUT2D eigenvalue weighted by Crippen LogP contribution is -2.38. The van der Waals surface area contributed by atoms with E-state index in [9.17, 15) is 4.79 Å². The molecule has 3 rings (SSSR count). The molecule has 3 heterocycles. The summed E-state index contributed by atoms with van der Waals surface area (Å²) in [5, 5.41) is 8.39. The first-order chi connectivity index (χ1) is 12.0. The van der Waals surface area contributed by atoms with E-state index in [0.717, 1.165) is 37.3 Å². The molecule has 25 heavy (non-hydrogen) atoms. The largest absolute Gasteiger partial charge is 0.339 e. The van der Waals surface area contributed by atoms with Crippen LogP contribution in [0.25, 0.3) is 0 Å². The van der Waals surface area contributed by atoms with Crippen LogP contribution in [-0.2, 0) is 6.54 Å². The summed E-state index contributed by atoms with van der Waals surface area (Å²) in [6.45, 7) is 10.4. The normalized spacial score (nSPS) is 16.0. The van der Waals surface area contributed by atoms with Gasteiger partial charge in [0.1, 0.15) is 0 Å². The predicted octanol–water partition coefficient (Wildman–Crippen LogP) is 3.13. The van der Waals surface area contributed by atoms with Crippen molar-refractivity contribution in [2.45, 2.75) is 65.3 Å². The van der Waals surface area contributed by atoms with Gasteiger partial charge in [-0.2, -0.15) is 10.1 Å². The number of hydrogen-bond donors (Lipinski definition) is 0. The standard InChI is InChI=1S/C18H27N5O2/c1-5-8-23-13(4)15(11-19-23)18(24)22-9-6-14(7-10-22)17-20-16(12(2)3)21-25-17/h11-12,14H,5-10H2,1-4H3. The van der Waals surface area contributed by atoms with Crippen molar-refractivity contribution in [1.29, 1.82) is 0 Å². The quantitative estimate of drug-likeness (QED) is 0.832. The highest BCUT2D eigenvalue weighted by Crippen LogP contribution is 2.28. The second-order valence-electron chi connectivity index (χ2n) is 7.08. The van der Waals surface area contributed by atoms with Crippen LogP contribution in [0.1, 0.15) is 79.6 Å². The van der Waals surface area contributed by atoms with Crippen LogP contribution in [0.3, 0.4) is 0 Å². The van der Waals surface area contributed by atoms with Crippen molar-refractivity contribution in [2.24, 2.45) is 0 Å². The van der Waals surface area contributed by atoms with Crippen LogP contribution in [0.5, 0.6) is 0 Å². The zero-order valence-corrected chi connectivity index (χ0v) is 15.5. The minimum atomic E-state index is 0.0756. The van der Waals surface area contributed by atoms with Crippen LogP contribution in [-0.4, -0.2) is 43.8 Å². The average molecular weight is 345 g/mol. The van der Waals surface area contributed by atoms with Gasteiger partial charge in [0.15, 0.2) is 5.82 Å². The Morgan fingerprint density at radius 1 is 1.36 bits per heavy atom. The van der Waals surface area contributed by atoms with Crippen molar-refractivity contribution in [2.75, 3.05) is 13.1 Å². The summed E-state index contributed by atoms with van der Waals surface area (Å²) in [5.74, 6) is 2.05. The first kappa shape index (κ1) is 17.6. The lowest BCUT2D eigenvalue weighted by Gasteiger charge is -2.30. The second-order valence-corrected chi connectivity index (χ2v) is 7.08. The summed E-state index contributed by atoms with van der Waals surface area (Å²) in [4.78, 5) is 19.2. The van der Waals surface area contributed by atoms with Crippen molar-refractivity contribution in [3.05, 3.63) is 29.2 Å². The average Bonchev–Trinajstić information content (AvgIpc) is 3.23. The van der Waals surface area contributed by atoms with Crippen LogP contribution in [0.4, 0.5) is 0 Å². The number of piperidine rings is 1. The van der Waals surface area contributed by atoms with Gasteiger partial charge in [0.2, 0.25) is 5.89 Å². The molecule has 1 amide bonds. The van der Waals surface area contributed by atoms with Gasteiger partial charge in [0, 0.05) is 37.2 Å². The molecule has 0 spiro atoms. The predicted molar refractivity (Wildman–Crippen MR) is 93.5 cm³/mol. The molecule has 136 valence electrons. The van der Waals surface area contributed by atoms with E-state index in [2.05, 4.69) is 36.0 Å². The van der Waals surface area contributed by atoms with E-state index < -0.39 is 0 Å². The fourth-order valence-electron chi connectivity index (χ4n) is 3.24. The summed E-state index contributed by atoms with van der Waals surface area (Å²) in [5.41, 5.74) is 1.67. The minimum Gasteiger partial charge on any atom is -0.339 e. The van der Waals surface area contributed by atoms with Crippen molar-refractivity contribution in [1.82, 2.24) is 24.8 Å². The van der Waals surface area contributed by atoms with Crippen LogP contribution < -0.4 is 0 Å². The van der Waals surface area contributed by atoms with Crippen LogP contribution in [0, 0.1) is 6.92 Å². The zero-order valence-electron chi connectivity index (χ0n) is 15.5. The summed E-state index contributed by atoms with van der Waals surface area (Å²) < 4.78 is 7.33. The van der Waals surface area contributed by atoms with Crippen molar-refractivity contribution in [3.8, 4) is 0 Å². The molecule has 0 saturated carbocycles. The van der Waals surface area contributed by atoms with E-state index in [1.807, 2.05) is 16.5 Å². The molecule has 1 aliphatic rings. The van der Waals surface area contributed by atoms with Crippen LogP contribution in [0.2, 0.25) is 0 Å². The lowest BCUT2D eigenvalue weighted by atomic mass is 9.96. The maximum Gasteiger partial charge on any atom is 0.257 e. The third-order valence-electron chi connectivity index (χ3n) is 4.87. The van der Waals surface area contributed by atoms with Gasteiger partial charge in [0.05, 0.1) is 11.8 Å². The van der Waals surface area contributed by atoms with Gasteiger partial charge < -0.3 is 9.42 Å². The molecule has 0 N–H and O–H groups in total. The Bertz CT molecular complexity index is 726. The maximum atomic E-state index is 12.8. The molecule has 2 aromatic heterocycles. The topological polar surface area (TPSA) is 77.1 Å². The molecule has 0 bridgehead atoms. The Labute approximate surface area is 148 Å². The lowest BCUT2D eigenvalue weighted by molar-refractivity contribution is 0.0703. The fraction of sp³-hybridized carbons (Fsp3) is 0.667. The Morgan fingerprint density at radius 2 is 2.08 bits per heavy atom. The molecule has 1 saturated heterocycles. The number of nitrogens with zero attached hydrogens (tertiary/aromatic N) is 5. The number of aryl methyl sites for hydroxylation is 1. The first-order valence-corrected chi connectivity index (χ1v) is 9.16. The monoisotopic (exact) mass is 345 g/mol. The summed E-state index contributed by atoms with van der Waals surface area (Å²) >= 11 is 0. The Balaban J connectivity index is 1.62. The second kappa shape index (κ2) is 7.37. The third-order valence-corrected chi connectivity index (χ3v) is 4.87. The van der Waals surface area contributed by atoms with E-state index in [1.165, 1.54) is 0 Å². The smallest absolute Gasteiger partial charge is 0.257 e. The fourth-order valence-corrected chi connectivity index (χ4v) is 3.24. The minimum absolute atomic E-state index is 0.0756. The third kappa shape index (κ3) is 3.60. The molecular weight excluding hydrogens is 318 g/mol. The zero-order chi connectivity index (χ0) is 18.0. The van der Waals surface area contributed by atoms with Crippen molar-refractivity contribution in [3.63, 3.8) is 0 Å². The van der Waals surface area contributed by atoms with Gasteiger partial charge in [-0.3, -0.25) is 9.48 Å². The first-order valence-electron chi connectivity index (χ1n) is 9.16. The highest BCUT2D eigenvalue weighted by molar-refractivity contribution is 5.95. The van der Waals surface area contributed by atoms with Gasteiger partial charge in [-0.25, -0.2) is 0 Å². The molecule has 0 aliphatic carbocycles. The van der Waals surface area contributed by atoms with Gasteiger partial charge in [-0.05, 0) is 26.2 Å². The molecule has 0 radical (unpaired) electrons. The van der Waals surface area contributed by atoms with Crippen molar-refractivity contribution >= 4 is 5.91 Å². The number of rotatable bonds is 5. The highest BCUT2D eigenvalue weighted by Gasteiger charge is 2.29. The Morgan fingerprint density at radius 3 is 2.68 bits per heavy atom. The van der Waals surface area contributed by atoms with Gasteiger partial charge >= 0.3 is 0 Å². The molecule has 7 heteroatoms. The number of likely N-dealkylation sites (tertiary alicyclic amines) is 1. The van der Waals surface area contributed by atoms with E-state index in [0.29, 0.717) is 24.5 Å². The summed E-state index contributed by atoms with van der Waals surface area (Å²) in [7, 11) is 0. The molecule has 0 atom stereocenters. The molecule has 1 fully saturated rings. The van der Waals surface area contributed by atoms with Crippen LogP contribution >= 0.6 is 0 Å². The Kier molecular flexibility index (Phi) is 5.20. The number of amides is 1. The van der Waals surface area contributed by atoms with Crippen molar-refractivity contribution < 1.29 is 9.32 Å². The highest BCUT2D eigenvalue weighted by atomic mass is 16.5. The summed E-state index contributed by atoms with van der Waals surface area (Å²) in [6, 6.07) is 0. The van der Waals surface area contributed by atoms with Crippen LogP contribution in [0.15, 0.2) is 10.7 Å². The van der Waals surface area contributed by atoms with E-state index >= 15 is 0 Å². The van der Waals surface area contributed by atoms with E-state index in [-0.39, 0.29) is 17.7 Å². The number of carbonyl (C=O) groups is 1. The molecule has 0 aromatic carbocycles. The SMILES string of the molecule is CCCn1ncc(C(=O)N2CCC(c3nc(C(C)C)no3)CC2)c1C.